The molecule has 0 radical (unpaired) electrons. The average Bonchev–Trinajstić information content (AvgIpc) is 2.64. The van der Waals surface area contributed by atoms with Crippen molar-refractivity contribution < 1.29 is 4.74 Å². The highest BCUT2D eigenvalue weighted by molar-refractivity contribution is 7.80. The first-order valence-corrected chi connectivity index (χ1v) is 9.42. The van der Waals surface area contributed by atoms with Gasteiger partial charge in [0.25, 0.3) is 0 Å². The van der Waals surface area contributed by atoms with Gasteiger partial charge in [-0.15, -0.1) is 0 Å². The summed E-state index contributed by atoms with van der Waals surface area (Å²) in [5, 5.41) is 4.27. The van der Waals surface area contributed by atoms with E-state index in [1.165, 1.54) is 24.8 Å². The van der Waals surface area contributed by atoms with Crippen molar-refractivity contribution in [1.82, 2.24) is 20.1 Å². The standard InChI is InChI=1S/C18H30N4OS/c1-2-3-4-8-20-18(24)22(16-17-6-5-7-19-15-17)10-9-21-11-13-23-14-12-21/h5-7,15H,2-4,8-14,16H2,1H3,(H,20,24). The third-order valence-corrected chi connectivity index (χ3v) is 4.63. The van der Waals surface area contributed by atoms with Gasteiger partial charge in [0.2, 0.25) is 0 Å². The molecule has 0 aromatic carbocycles. The van der Waals surface area contributed by atoms with E-state index in [0.717, 1.165) is 57.6 Å². The van der Waals surface area contributed by atoms with Gasteiger partial charge in [-0.05, 0) is 30.3 Å². The Morgan fingerprint density at radius 2 is 2.21 bits per heavy atom. The normalized spacial score (nSPS) is 15.2. The summed E-state index contributed by atoms with van der Waals surface area (Å²) in [7, 11) is 0. The van der Waals surface area contributed by atoms with Gasteiger partial charge in [0.1, 0.15) is 0 Å². The third-order valence-electron chi connectivity index (χ3n) is 4.23. The van der Waals surface area contributed by atoms with Crippen LogP contribution in [-0.2, 0) is 11.3 Å². The molecule has 2 rings (SSSR count). The summed E-state index contributed by atoms with van der Waals surface area (Å²) in [5.74, 6) is 0. The molecule has 0 spiro atoms. The quantitative estimate of drug-likeness (QED) is 0.544. The molecule has 1 N–H and O–H groups in total. The fourth-order valence-electron chi connectivity index (χ4n) is 2.73. The van der Waals surface area contributed by atoms with Crippen molar-refractivity contribution in [3.05, 3.63) is 30.1 Å². The minimum absolute atomic E-state index is 0.803. The highest BCUT2D eigenvalue weighted by Gasteiger charge is 2.14. The lowest BCUT2D eigenvalue weighted by Gasteiger charge is -2.31. The molecule has 2 heterocycles. The number of morpholine rings is 1. The lowest BCUT2D eigenvalue weighted by molar-refractivity contribution is 0.0357. The van der Waals surface area contributed by atoms with Crippen LogP contribution in [0.5, 0.6) is 0 Å². The highest BCUT2D eigenvalue weighted by Crippen LogP contribution is 2.05. The van der Waals surface area contributed by atoms with Crippen LogP contribution in [0.25, 0.3) is 0 Å². The number of pyridine rings is 1. The summed E-state index contributed by atoms with van der Waals surface area (Å²) < 4.78 is 5.42. The molecule has 0 bridgehead atoms. The lowest BCUT2D eigenvalue weighted by atomic mass is 10.2. The second-order valence-electron chi connectivity index (χ2n) is 6.18. The molecular weight excluding hydrogens is 320 g/mol. The first-order chi connectivity index (χ1) is 11.8. The Kier molecular flexibility index (Phi) is 9.02. The Bertz CT molecular complexity index is 465. The lowest BCUT2D eigenvalue weighted by Crippen LogP contribution is -2.45. The van der Waals surface area contributed by atoms with Gasteiger partial charge in [0, 0.05) is 51.7 Å². The van der Waals surface area contributed by atoms with E-state index in [9.17, 15) is 0 Å². The van der Waals surface area contributed by atoms with Gasteiger partial charge in [0.05, 0.1) is 13.2 Å². The summed E-state index contributed by atoms with van der Waals surface area (Å²) in [6, 6.07) is 4.08. The number of nitrogens with one attached hydrogen (secondary N) is 1. The van der Waals surface area contributed by atoms with Crippen LogP contribution in [0.15, 0.2) is 24.5 Å². The number of aromatic nitrogens is 1. The number of nitrogens with zero attached hydrogens (tertiary/aromatic N) is 3. The maximum absolute atomic E-state index is 5.64. The van der Waals surface area contributed by atoms with Crippen molar-refractivity contribution in [2.45, 2.75) is 32.7 Å². The molecule has 1 aromatic rings. The zero-order chi connectivity index (χ0) is 17.0. The van der Waals surface area contributed by atoms with Gasteiger partial charge in [-0.1, -0.05) is 25.8 Å². The van der Waals surface area contributed by atoms with Crippen molar-refractivity contribution in [3.8, 4) is 0 Å². The van der Waals surface area contributed by atoms with Crippen molar-refractivity contribution in [2.75, 3.05) is 45.9 Å². The summed E-state index contributed by atoms with van der Waals surface area (Å²) in [5.41, 5.74) is 1.19. The Morgan fingerprint density at radius 1 is 1.38 bits per heavy atom. The zero-order valence-corrected chi connectivity index (χ0v) is 15.6. The largest absolute Gasteiger partial charge is 0.379 e. The van der Waals surface area contributed by atoms with Gasteiger partial charge in [-0.3, -0.25) is 9.88 Å². The minimum atomic E-state index is 0.803. The Hall–Kier alpha value is -1.24. The Morgan fingerprint density at radius 3 is 2.92 bits per heavy atom. The molecule has 0 amide bonds. The van der Waals surface area contributed by atoms with Gasteiger partial charge < -0.3 is 15.0 Å². The molecule has 1 saturated heterocycles. The van der Waals surface area contributed by atoms with E-state index >= 15 is 0 Å². The molecular formula is C18H30N4OS. The van der Waals surface area contributed by atoms with Crippen molar-refractivity contribution in [2.24, 2.45) is 0 Å². The van der Waals surface area contributed by atoms with Crippen LogP contribution in [0.4, 0.5) is 0 Å². The second kappa shape index (κ2) is 11.3. The van der Waals surface area contributed by atoms with E-state index in [1.54, 1.807) is 0 Å². The highest BCUT2D eigenvalue weighted by atomic mass is 32.1. The van der Waals surface area contributed by atoms with Gasteiger partial charge in [-0.25, -0.2) is 0 Å². The van der Waals surface area contributed by atoms with E-state index in [1.807, 2.05) is 18.5 Å². The molecule has 0 saturated carbocycles. The number of hydrogen-bond donors (Lipinski definition) is 1. The molecule has 1 fully saturated rings. The van der Waals surface area contributed by atoms with E-state index in [2.05, 4.69) is 33.1 Å². The molecule has 1 aromatic heterocycles. The van der Waals surface area contributed by atoms with Crippen LogP contribution >= 0.6 is 12.2 Å². The van der Waals surface area contributed by atoms with Crippen molar-refractivity contribution in [3.63, 3.8) is 0 Å². The SMILES string of the molecule is CCCCCNC(=S)N(CCN1CCOCC1)Cc1cccnc1. The number of rotatable bonds is 9. The average molecular weight is 351 g/mol. The number of ether oxygens (including phenoxy) is 1. The molecule has 134 valence electrons. The van der Waals surface area contributed by atoms with E-state index in [4.69, 9.17) is 17.0 Å². The van der Waals surface area contributed by atoms with Crippen LogP contribution in [0.2, 0.25) is 0 Å². The first-order valence-electron chi connectivity index (χ1n) is 9.01. The summed E-state index contributed by atoms with van der Waals surface area (Å²) >= 11 is 5.64. The maximum Gasteiger partial charge on any atom is 0.169 e. The van der Waals surface area contributed by atoms with E-state index < -0.39 is 0 Å². The predicted octanol–water partition coefficient (Wildman–Crippen LogP) is 2.28. The minimum Gasteiger partial charge on any atom is -0.379 e. The van der Waals surface area contributed by atoms with Gasteiger partial charge >= 0.3 is 0 Å². The molecule has 5 nitrogen and oxygen atoms in total. The van der Waals surface area contributed by atoms with Crippen LogP contribution in [-0.4, -0.2) is 65.8 Å². The molecule has 0 aliphatic carbocycles. The van der Waals surface area contributed by atoms with Gasteiger partial charge in [-0.2, -0.15) is 0 Å². The third kappa shape index (κ3) is 7.11. The summed E-state index contributed by atoms with van der Waals surface area (Å²) in [6.07, 6.45) is 7.36. The maximum atomic E-state index is 5.64. The molecule has 0 atom stereocenters. The summed E-state index contributed by atoms with van der Waals surface area (Å²) in [6.45, 7) is 9.61. The van der Waals surface area contributed by atoms with E-state index in [0.29, 0.717) is 0 Å². The van der Waals surface area contributed by atoms with Gasteiger partial charge in [0.15, 0.2) is 5.11 Å². The number of hydrogen-bond acceptors (Lipinski definition) is 4. The monoisotopic (exact) mass is 350 g/mol. The fourth-order valence-corrected chi connectivity index (χ4v) is 2.99. The number of unbranched alkanes of at least 4 members (excludes halogenated alkanes) is 2. The van der Waals surface area contributed by atoms with Crippen molar-refractivity contribution >= 4 is 17.3 Å². The number of thiocarbonyl (C=S) groups is 1. The van der Waals surface area contributed by atoms with Crippen LogP contribution in [0.3, 0.4) is 0 Å². The van der Waals surface area contributed by atoms with Crippen LogP contribution in [0.1, 0.15) is 31.7 Å². The molecule has 0 unspecified atom stereocenters. The smallest absolute Gasteiger partial charge is 0.169 e. The van der Waals surface area contributed by atoms with Crippen LogP contribution < -0.4 is 5.32 Å². The molecule has 1 aliphatic heterocycles. The fraction of sp³-hybridized carbons (Fsp3) is 0.667. The van der Waals surface area contributed by atoms with Crippen LogP contribution in [0, 0.1) is 0 Å². The van der Waals surface area contributed by atoms with Crippen molar-refractivity contribution in [1.29, 1.82) is 0 Å². The predicted molar refractivity (Wildman–Crippen MR) is 102 cm³/mol. The topological polar surface area (TPSA) is 40.6 Å². The first kappa shape index (κ1) is 19.1. The zero-order valence-electron chi connectivity index (χ0n) is 14.7. The summed E-state index contributed by atoms with van der Waals surface area (Å²) in [4.78, 5) is 8.92. The Labute approximate surface area is 151 Å². The van der Waals surface area contributed by atoms with E-state index in [-0.39, 0.29) is 0 Å². The molecule has 24 heavy (non-hydrogen) atoms. The molecule has 6 heteroatoms. The Balaban J connectivity index is 1.85. The molecule has 1 aliphatic rings. The second-order valence-corrected chi connectivity index (χ2v) is 6.56.